The number of aliphatic hydroxyl groups is 1. The van der Waals surface area contributed by atoms with Crippen LogP contribution in [0.2, 0.25) is 44.3 Å². The Morgan fingerprint density at radius 3 is 1.37 bits per heavy atom. The summed E-state index contributed by atoms with van der Waals surface area (Å²) in [6.07, 6.45) is 0.205. The van der Waals surface area contributed by atoms with Crippen molar-refractivity contribution < 1.29 is 54.9 Å². The summed E-state index contributed by atoms with van der Waals surface area (Å²) in [6.45, 7) is 34.8. The van der Waals surface area contributed by atoms with Crippen LogP contribution in [-0.4, -0.2) is 140 Å². The van der Waals surface area contributed by atoms with Crippen molar-refractivity contribution in [3.63, 3.8) is 0 Å². The van der Waals surface area contributed by atoms with E-state index in [2.05, 4.69) is 151 Å². The minimum atomic E-state index is -3.00. The predicted molar refractivity (Wildman–Crippen MR) is 326 cm³/mol. The largest absolute Gasteiger partial charge is 0.414 e. The lowest BCUT2D eigenvalue weighted by atomic mass is 10.1. The van der Waals surface area contributed by atoms with Crippen LogP contribution in [0.4, 0.5) is 11.6 Å². The van der Waals surface area contributed by atoms with Gasteiger partial charge < -0.3 is 51.1 Å². The Morgan fingerprint density at radius 2 is 0.929 bits per heavy atom. The number of Topliss-reactive ketones (excluding diaryl/α,β-unsaturated/α-hetero) is 1. The van der Waals surface area contributed by atoms with E-state index < -0.39 is 77.2 Å². The Labute approximate surface area is 496 Å². The van der Waals surface area contributed by atoms with Gasteiger partial charge in [0, 0.05) is 11.1 Å². The summed E-state index contributed by atoms with van der Waals surface area (Å²) in [7, 11) is -11.5. The second kappa shape index (κ2) is 25.2. The molecule has 2 aromatic carbocycles. The number of benzene rings is 2. The molecule has 84 heavy (non-hydrogen) atoms. The highest BCUT2D eigenvalue weighted by Gasteiger charge is 2.64. The summed E-state index contributed by atoms with van der Waals surface area (Å²) in [5.74, 6) is -0.351. The van der Waals surface area contributed by atoms with Crippen LogP contribution < -0.4 is 10.6 Å². The molecule has 4 fully saturated rings. The number of ether oxygens (including phenoxy) is 2. The highest BCUT2D eigenvalue weighted by Crippen LogP contribution is 2.50. The number of carbonyl (C=O) groups excluding carboxylic acids is 3. The van der Waals surface area contributed by atoms with E-state index >= 15 is 0 Å². The van der Waals surface area contributed by atoms with Crippen molar-refractivity contribution in [3.05, 3.63) is 97.1 Å². The number of hydrogen-bond acceptors (Lipinski definition) is 18. The van der Waals surface area contributed by atoms with Crippen molar-refractivity contribution in [1.82, 2.24) is 39.0 Å². The van der Waals surface area contributed by atoms with Gasteiger partial charge >= 0.3 is 34.2 Å². The molecule has 8 heterocycles. The third-order valence-electron chi connectivity index (χ3n) is 16.9. The molecule has 7 atom stereocenters. The Bertz CT molecular complexity index is 3250. The lowest BCUT2D eigenvalue weighted by Crippen LogP contribution is -2.65. The van der Waals surface area contributed by atoms with E-state index in [0.717, 1.165) is 0 Å². The predicted octanol–water partition coefficient (Wildman–Crippen LogP) is 10.8. The summed E-state index contributed by atoms with van der Waals surface area (Å²) in [6, 6.07) is 17.7. The molecule has 4 aliphatic heterocycles. The van der Waals surface area contributed by atoms with Crippen LogP contribution >= 0.6 is 0 Å². The van der Waals surface area contributed by atoms with E-state index in [-0.39, 0.29) is 86.8 Å². The topological polar surface area (TPSA) is 257 Å². The molecule has 22 nitrogen and oxygen atoms in total. The van der Waals surface area contributed by atoms with Gasteiger partial charge in [-0.1, -0.05) is 147 Å². The summed E-state index contributed by atoms with van der Waals surface area (Å²) < 4.78 is 58.2. The lowest BCUT2D eigenvalue weighted by Gasteiger charge is -2.51. The van der Waals surface area contributed by atoms with Gasteiger partial charge in [-0.25, -0.2) is 29.9 Å². The van der Waals surface area contributed by atoms with Crippen molar-refractivity contribution >= 4 is 85.8 Å². The van der Waals surface area contributed by atoms with Crippen molar-refractivity contribution in [2.24, 2.45) is 0 Å². The molecule has 4 aliphatic rings. The van der Waals surface area contributed by atoms with E-state index in [9.17, 15) is 19.5 Å². The van der Waals surface area contributed by atoms with Crippen molar-refractivity contribution in [3.8, 4) is 0 Å². The average molecular weight is 1230 g/mol. The molecule has 0 unspecified atom stereocenters. The van der Waals surface area contributed by atoms with Crippen LogP contribution in [0.3, 0.4) is 0 Å². The fourth-order valence-electron chi connectivity index (χ4n) is 12.4. The zero-order chi connectivity index (χ0) is 60.8. The SMILES string of the molecule is CC(C)[Si]1(C(C)C)OC[C@H]2O[C@@H](n3cnc4c(NC(=O)c5ccccc5)ncnc43)C(=O)[C@@H]2O[Si](C(C)C)(C(C)C)O1.CC(C)[Si]1(C(C)C)OC[C@H]2O[C@@H](n3cnc4c(NC(=O)c5ccccc5)ncnc43)[C@H](O)[C@@H]2O[Si](C(C)C)(C(C)C)O1. The number of nitrogens with one attached hydrogen (secondary N) is 2. The number of anilines is 2. The number of nitrogens with zero attached hydrogens (tertiary/aromatic N) is 8. The monoisotopic (exact) mass is 1220 g/mol. The molecule has 0 radical (unpaired) electrons. The number of imidazole rings is 2. The first-order chi connectivity index (χ1) is 39.8. The average Bonchev–Trinajstić information content (AvgIpc) is 1.64. The fourth-order valence-corrected chi connectivity index (χ4v) is 34.7. The molecule has 4 saturated heterocycles. The Hall–Kier alpha value is -5.34. The Balaban J connectivity index is 0.000000202. The normalized spacial score (nSPS) is 24.8. The summed E-state index contributed by atoms with van der Waals surface area (Å²) in [5.41, 5.74) is 3.65. The molecule has 0 saturated carbocycles. The van der Waals surface area contributed by atoms with Gasteiger partial charge in [-0.3, -0.25) is 23.5 Å². The van der Waals surface area contributed by atoms with Crippen LogP contribution in [0.5, 0.6) is 0 Å². The second-order valence-corrected chi connectivity index (χ2v) is 42.5. The molecule has 2 amide bonds. The highest BCUT2D eigenvalue weighted by molar-refractivity contribution is 6.84. The van der Waals surface area contributed by atoms with Crippen LogP contribution in [0.15, 0.2) is 86.0 Å². The molecule has 0 spiro atoms. The number of ketones is 1. The van der Waals surface area contributed by atoms with E-state index in [1.165, 1.54) is 19.0 Å². The van der Waals surface area contributed by atoms with Gasteiger partial charge in [0.2, 0.25) is 5.78 Å². The number of aromatic nitrogens is 8. The first-order valence-corrected chi connectivity index (χ1v) is 37.3. The number of rotatable bonds is 14. The zero-order valence-electron chi connectivity index (χ0n) is 51.2. The molecular weight excluding hydrogens is 1140 g/mol. The molecule has 26 heteroatoms. The third-order valence-corrected chi connectivity index (χ3v) is 37.4. The molecule has 4 aromatic heterocycles. The quantitative estimate of drug-likeness (QED) is 0.0857. The molecule has 10 rings (SSSR count). The van der Waals surface area contributed by atoms with Gasteiger partial charge in [-0.2, -0.15) is 0 Å². The maximum absolute atomic E-state index is 14.1. The van der Waals surface area contributed by atoms with Gasteiger partial charge in [0.15, 0.2) is 46.4 Å². The van der Waals surface area contributed by atoms with E-state index in [4.69, 9.17) is 35.4 Å². The van der Waals surface area contributed by atoms with Gasteiger partial charge in [-0.15, -0.1) is 0 Å². The lowest BCUT2D eigenvalue weighted by molar-refractivity contribution is -0.130. The van der Waals surface area contributed by atoms with Crippen LogP contribution in [0.25, 0.3) is 22.3 Å². The molecule has 454 valence electrons. The van der Waals surface area contributed by atoms with Gasteiger partial charge in [-0.05, 0) is 68.6 Å². The van der Waals surface area contributed by atoms with Crippen LogP contribution in [0, 0.1) is 0 Å². The second-order valence-electron chi connectivity index (χ2n) is 24.8. The van der Waals surface area contributed by atoms with Crippen LogP contribution in [-0.2, 0) is 40.2 Å². The third kappa shape index (κ3) is 11.6. The Morgan fingerprint density at radius 1 is 0.524 bits per heavy atom. The minimum Gasteiger partial charge on any atom is -0.414 e. The molecule has 0 aliphatic carbocycles. The smallest absolute Gasteiger partial charge is 0.335 e. The summed E-state index contributed by atoms with van der Waals surface area (Å²) >= 11 is 0. The van der Waals surface area contributed by atoms with Crippen LogP contribution in [0.1, 0.15) is 144 Å². The van der Waals surface area contributed by atoms with E-state index in [1.807, 2.05) is 12.1 Å². The number of fused-ring (bicyclic) bond motifs is 4. The van der Waals surface area contributed by atoms with Crippen molar-refractivity contribution in [1.29, 1.82) is 0 Å². The van der Waals surface area contributed by atoms with Gasteiger partial charge in [0.05, 0.1) is 25.9 Å². The van der Waals surface area contributed by atoms with E-state index in [1.54, 1.807) is 64.0 Å². The summed E-state index contributed by atoms with van der Waals surface area (Å²) in [5, 5.41) is 17.4. The number of amides is 2. The van der Waals surface area contributed by atoms with Crippen molar-refractivity contribution in [2.45, 2.75) is 198 Å². The maximum Gasteiger partial charge on any atom is 0.335 e. The molecule has 0 bridgehead atoms. The minimum absolute atomic E-state index is 0.0775. The summed E-state index contributed by atoms with van der Waals surface area (Å²) in [4.78, 5) is 66.0. The number of aliphatic hydroxyl groups excluding tert-OH is 1. The van der Waals surface area contributed by atoms with Crippen molar-refractivity contribution in [2.75, 3.05) is 23.8 Å². The highest BCUT2D eigenvalue weighted by atomic mass is 28.5. The first kappa shape index (κ1) is 63.2. The fraction of sp³-hybridized carbons (Fsp3) is 0.569. The maximum atomic E-state index is 14.1. The number of carbonyl (C=O) groups is 3. The van der Waals surface area contributed by atoms with Gasteiger partial charge in [0.25, 0.3) is 11.8 Å². The van der Waals surface area contributed by atoms with Gasteiger partial charge in [0.1, 0.15) is 43.2 Å². The molecule has 3 N–H and O–H groups in total. The standard InChI is InChI=1S/C29H43N5O6Si2.C29H41N5O6Si2/c2*1-17(2)41(18(3)4)37-14-22-25(39-42(40-41,19(5)6)20(7)8)24(35)29(38-22)34-16-32-23-26(30-15-31-27(23)34)33-28(36)21-12-10-9-11-13-21/h9-13,15-20,22,24-25,29,35H,14H2,1-8H3,(H,30,31,33,36);9-13,15-20,22,25,29H,14H2,1-8H3,(H,30,31,33,36)/t22-,24-,25-,29-;22-,25-,29-/m11/s1. The molecule has 6 aromatic rings. The zero-order valence-corrected chi connectivity index (χ0v) is 55.2. The van der Waals surface area contributed by atoms with E-state index in [0.29, 0.717) is 33.5 Å². The molecular formula is C58H84N10O12Si4. The first-order valence-electron chi connectivity index (χ1n) is 29.5. The Kier molecular flexibility index (Phi) is 18.9. The number of hydrogen-bond donors (Lipinski definition) is 3.